The number of carbonyl (C=O) groups is 1. The summed E-state index contributed by atoms with van der Waals surface area (Å²) in [5.74, 6) is -1.90. The summed E-state index contributed by atoms with van der Waals surface area (Å²) in [6, 6.07) is 2.56. The summed E-state index contributed by atoms with van der Waals surface area (Å²) in [6.45, 7) is 1.86. The molecule has 4 nitrogen and oxygen atoms in total. The Morgan fingerprint density at radius 3 is 2.67 bits per heavy atom. The molecule has 1 aliphatic heterocycles. The number of pyridine rings is 1. The van der Waals surface area contributed by atoms with E-state index in [2.05, 4.69) is 10.3 Å². The zero-order valence-electron chi connectivity index (χ0n) is 11.2. The Morgan fingerprint density at radius 1 is 1.43 bits per heavy atom. The number of ketones is 1. The lowest BCUT2D eigenvalue weighted by Gasteiger charge is -2.22. The van der Waals surface area contributed by atoms with Crippen LogP contribution in [0.25, 0.3) is 0 Å². The van der Waals surface area contributed by atoms with E-state index in [0.717, 1.165) is 32.0 Å². The fourth-order valence-corrected chi connectivity index (χ4v) is 2.37. The maximum Gasteiger partial charge on any atom is 0.455 e. The van der Waals surface area contributed by atoms with E-state index < -0.39 is 17.5 Å². The molecule has 2 rings (SSSR count). The quantitative estimate of drug-likeness (QED) is 0.838. The van der Waals surface area contributed by atoms with Gasteiger partial charge in [-0.15, -0.1) is 12.4 Å². The van der Waals surface area contributed by atoms with Crippen LogP contribution in [0, 0.1) is 5.92 Å². The first-order valence-corrected chi connectivity index (χ1v) is 6.45. The average molecular weight is 324 g/mol. The Kier molecular flexibility index (Phi) is 5.98. The molecule has 1 aliphatic rings. The largest absolute Gasteiger partial charge is 0.455 e. The van der Waals surface area contributed by atoms with Crippen molar-refractivity contribution in [3.05, 3.63) is 23.4 Å². The lowest BCUT2D eigenvalue weighted by Crippen LogP contribution is -2.31. The zero-order chi connectivity index (χ0) is 14.8. The van der Waals surface area contributed by atoms with Crippen LogP contribution in [-0.2, 0) is 6.42 Å². The van der Waals surface area contributed by atoms with E-state index in [-0.39, 0.29) is 18.2 Å². The molecule has 1 fully saturated rings. The first-order chi connectivity index (χ1) is 9.38. The Hall–Kier alpha value is -1.34. The Bertz CT molecular complexity index is 502. The van der Waals surface area contributed by atoms with Gasteiger partial charge in [0.15, 0.2) is 0 Å². The van der Waals surface area contributed by atoms with E-state index in [0.29, 0.717) is 18.0 Å². The fraction of sp³-hybridized carbons (Fsp3) is 0.538. The zero-order valence-corrected chi connectivity index (χ0v) is 12.1. The van der Waals surface area contributed by atoms with Crippen LogP contribution in [-0.4, -0.2) is 30.0 Å². The van der Waals surface area contributed by atoms with Crippen molar-refractivity contribution >= 4 is 24.0 Å². The van der Waals surface area contributed by atoms with E-state index in [1.54, 1.807) is 0 Å². The number of nitrogens with two attached hydrogens (primary N) is 1. The van der Waals surface area contributed by atoms with Crippen LogP contribution in [0.4, 0.5) is 19.0 Å². The summed E-state index contributed by atoms with van der Waals surface area (Å²) in [5.41, 5.74) is 5.52. The first kappa shape index (κ1) is 17.7. The summed E-state index contributed by atoms with van der Waals surface area (Å²) in [4.78, 5) is 15.1. The standard InChI is InChI=1S/C13H16F3N3O.ClH/c14-13(15,16)11(20)10-4-3-9(19-12(10)17)6-8-2-1-5-18-7-8;/h3-4,8,18H,1-2,5-7H2,(H2,17,19);1H. The number of halogens is 4. The molecule has 1 atom stereocenters. The molecular weight excluding hydrogens is 307 g/mol. The fourth-order valence-electron chi connectivity index (χ4n) is 2.37. The summed E-state index contributed by atoms with van der Waals surface area (Å²) in [7, 11) is 0. The molecular formula is C13H17ClF3N3O. The highest BCUT2D eigenvalue weighted by Gasteiger charge is 2.40. The van der Waals surface area contributed by atoms with Gasteiger partial charge in [0.25, 0.3) is 5.78 Å². The summed E-state index contributed by atoms with van der Waals surface area (Å²) >= 11 is 0. The van der Waals surface area contributed by atoms with Gasteiger partial charge < -0.3 is 11.1 Å². The second-order valence-corrected chi connectivity index (χ2v) is 4.98. The van der Waals surface area contributed by atoms with E-state index in [1.807, 2.05) is 0 Å². The number of aromatic nitrogens is 1. The van der Waals surface area contributed by atoms with Gasteiger partial charge in [-0.1, -0.05) is 0 Å². The molecule has 8 heteroatoms. The van der Waals surface area contributed by atoms with Crippen molar-refractivity contribution in [2.24, 2.45) is 5.92 Å². The predicted molar refractivity (Wildman–Crippen MR) is 75.6 cm³/mol. The molecule has 1 saturated heterocycles. The number of Topliss-reactive ketones (excluding diaryl/α,β-unsaturated/α-hetero) is 1. The number of hydrogen-bond acceptors (Lipinski definition) is 4. The van der Waals surface area contributed by atoms with E-state index >= 15 is 0 Å². The van der Waals surface area contributed by atoms with Crippen LogP contribution in [0.1, 0.15) is 28.9 Å². The molecule has 2 heterocycles. The smallest absolute Gasteiger partial charge is 0.383 e. The molecule has 0 radical (unpaired) electrons. The van der Waals surface area contributed by atoms with Gasteiger partial charge in [0.05, 0.1) is 5.56 Å². The van der Waals surface area contributed by atoms with Crippen LogP contribution < -0.4 is 11.1 Å². The average Bonchev–Trinajstić information content (AvgIpc) is 2.38. The molecule has 1 aromatic heterocycles. The van der Waals surface area contributed by atoms with Crippen LogP contribution in [0.3, 0.4) is 0 Å². The predicted octanol–water partition coefficient (Wildman–Crippen LogP) is 2.37. The monoisotopic (exact) mass is 323 g/mol. The summed E-state index contributed by atoms with van der Waals surface area (Å²) in [6.07, 6.45) is -2.15. The highest BCUT2D eigenvalue weighted by atomic mass is 35.5. The second kappa shape index (κ2) is 7.09. The topological polar surface area (TPSA) is 68.0 Å². The normalized spacial score (nSPS) is 18.9. The molecule has 0 bridgehead atoms. The van der Waals surface area contributed by atoms with Crippen molar-refractivity contribution < 1.29 is 18.0 Å². The van der Waals surface area contributed by atoms with Gasteiger partial charge in [0.2, 0.25) is 0 Å². The van der Waals surface area contributed by atoms with Crippen molar-refractivity contribution in [1.82, 2.24) is 10.3 Å². The van der Waals surface area contributed by atoms with Crippen molar-refractivity contribution in [3.63, 3.8) is 0 Å². The molecule has 1 aromatic rings. The van der Waals surface area contributed by atoms with E-state index in [9.17, 15) is 18.0 Å². The number of nitrogen functional groups attached to an aromatic ring is 1. The van der Waals surface area contributed by atoms with Crippen LogP contribution in [0.5, 0.6) is 0 Å². The summed E-state index contributed by atoms with van der Waals surface area (Å²) in [5, 5.41) is 3.26. The van der Waals surface area contributed by atoms with E-state index in [1.165, 1.54) is 6.07 Å². The number of rotatable bonds is 3. The highest BCUT2D eigenvalue weighted by molar-refractivity contribution is 6.03. The van der Waals surface area contributed by atoms with Gasteiger partial charge in [-0.3, -0.25) is 4.79 Å². The van der Waals surface area contributed by atoms with Crippen molar-refractivity contribution in [3.8, 4) is 0 Å². The maximum absolute atomic E-state index is 12.3. The van der Waals surface area contributed by atoms with Crippen molar-refractivity contribution in [1.29, 1.82) is 0 Å². The van der Waals surface area contributed by atoms with Gasteiger partial charge in [0.1, 0.15) is 5.82 Å². The van der Waals surface area contributed by atoms with E-state index in [4.69, 9.17) is 5.73 Å². The lowest BCUT2D eigenvalue weighted by molar-refractivity contribution is -0.0884. The minimum atomic E-state index is -4.93. The number of anilines is 1. The summed E-state index contributed by atoms with van der Waals surface area (Å²) < 4.78 is 37.0. The van der Waals surface area contributed by atoms with Gasteiger partial charge in [-0.2, -0.15) is 13.2 Å². The third-order valence-electron chi connectivity index (χ3n) is 3.38. The number of hydrogen-bond donors (Lipinski definition) is 2. The van der Waals surface area contributed by atoms with Crippen molar-refractivity contribution in [2.45, 2.75) is 25.4 Å². The molecule has 1 unspecified atom stereocenters. The number of piperidine rings is 1. The molecule has 0 saturated carbocycles. The van der Waals surface area contributed by atoms with Crippen LogP contribution in [0.2, 0.25) is 0 Å². The first-order valence-electron chi connectivity index (χ1n) is 6.45. The molecule has 0 aliphatic carbocycles. The minimum absolute atomic E-state index is 0. The lowest BCUT2D eigenvalue weighted by atomic mass is 9.94. The number of alkyl halides is 3. The van der Waals surface area contributed by atoms with Gasteiger partial charge in [0, 0.05) is 5.69 Å². The number of nitrogens with zero attached hydrogens (tertiary/aromatic N) is 1. The molecule has 0 amide bonds. The number of nitrogens with one attached hydrogen (secondary N) is 1. The van der Waals surface area contributed by atoms with Crippen LogP contribution >= 0.6 is 12.4 Å². The highest BCUT2D eigenvalue weighted by Crippen LogP contribution is 2.25. The Morgan fingerprint density at radius 2 is 2.14 bits per heavy atom. The second-order valence-electron chi connectivity index (χ2n) is 4.98. The molecule has 118 valence electrons. The SMILES string of the molecule is Cl.Nc1nc(CC2CCCNC2)ccc1C(=O)C(F)(F)F. The van der Waals surface area contributed by atoms with Gasteiger partial charge >= 0.3 is 6.18 Å². The van der Waals surface area contributed by atoms with Crippen LogP contribution in [0.15, 0.2) is 12.1 Å². The molecule has 3 N–H and O–H groups in total. The molecule has 0 aromatic carbocycles. The maximum atomic E-state index is 12.3. The molecule has 21 heavy (non-hydrogen) atoms. The van der Waals surface area contributed by atoms with Crippen molar-refractivity contribution in [2.75, 3.05) is 18.8 Å². The third kappa shape index (κ3) is 4.57. The Labute approximate surface area is 126 Å². The van der Waals surface area contributed by atoms with Gasteiger partial charge in [-0.05, 0) is 50.4 Å². The third-order valence-corrected chi connectivity index (χ3v) is 3.38. The Balaban J connectivity index is 0.00000220. The van der Waals surface area contributed by atoms with Gasteiger partial charge in [-0.25, -0.2) is 4.98 Å². The number of carbonyl (C=O) groups excluding carboxylic acids is 1. The minimum Gasteiger partial charge on any atom is -0.383 e. The molecule has 0 spiro atoms.